The number of hydrogen-bond acceptors (Lipinski definition) is 4. The smallest absolute Gasteiger partial charge is 0.121 e. The molecule has 2 aromatic rings. The van der Waals surface area contributed by atoms with Gasteiger partial charge >= 0.3 is 0 Å². The summed E-state index contributed by atoms with van der Waals surface area (Å²) in [7, 11) is 1.66. The Morgan fingerprint density at radius 3 is 2.48 bits per heavy atom. The van der Waals surface area contributed by atoms with Gasteiger partial charge in [-0.15, -0.1) is 0 Å². The standard InChI is InChI=1S/C19H29N3O/c1-12(7-6-8-20)15-10-13-9-14(23-5)11-16(21)17(13)22-18(15)19(2,3)4/h9-12H,6-8,20-21H2,1-5H3. The maximum atomic E-state index is 6.19. The van der Waals surface area contributed by atoms with E-state index in [0.717, 1.165) is 41.7 Å². The zero-order chi connectivity index (χ0) is 17.2. The van der Waals surface area contributed by atoms with E-state index in [0.29, 0.717) is 11.6 Å². The van der Waals surface area contributed by atoms with Gasteiger partial charge in [-0.05, 0) is 43.0 Å². The third-order valence-electron chi connectivity index (χ3n) is 4.27. The largest absolute Gasteiger partial charge is 0.497 e. The highest BCUT2D eigenvalue weighted by molar-refractivity contribution is 5.91. The summed E-state index contributed by atoms with van der Waals surface area (Å²) in [6.07, 6.45) is 2.08. The number of fused-ring (bicyclic) bond motifs is 1. The summed E-state index contributed by atoms with van der Waals surface area (Å²) in [6, 6.07) is 6.06. The van der Waals surface area contributed by atoms with Crippen molar-refractivity contribution in [2.75, 3.05) is 19.4 Å². The van der Waals surface area contributed by atoms with E-state index in [-0.39, 0.29) is 5.41 Å². The van der Waals surface area contributed by atoms with Gasteiger partial charge in [0.1, 0.15) is 5.75 Å². The molecule has 1 aromatic heterocycles. The molecule has 0 saturated heterocycles. The molecule has 0 spiro atoms. The van der Waals surface area contributed by atoms with E-state index < -0.39 is 0 Å². The van der Waals surface area contributed by atoms with Crippen LogP contribution >= 0.6 is 0 Å². The van der Waals surface area contributed by atoms with Gasteiger partial charge < -0.3 is 16.2 Å². The number of ether oxygens (including phenoxy) is 1. The Bertz CT molecular complexity index is 689. The number of hydrogen-bond donors (Lipinski definition) is 2. The van der Waals surface area contributed by atoms with E-state index in [1.807, 2.05) is 12.1 Å². The number of benzene rings is 1. The van der Waals surface area contributed by atoms with Gasteiger partial charge in [0.05, 0.1) is 18.3 Å². The Hall–Kier alpha value is -1.81. The van der Waals surface area contributed by atoms with Gasteiger partial charge in [0.2, 0.25) is 0 Å². The lowest BCUT2D eigenvalue weighted by molar-refractivity contribution is 0.415. The molecule has 0 fully saturated rings. The molecular formula is C19H29N3O. The molecule has 4 N–H and O–H groups in total. The molecular weight excluding hydrogens is 286 g/mol. The van der Waals surface area contributed by atoms with Crippen molar-refractivity contribution in [1.29, 1.82) is 0 Å². The van der Waals surface area contributed by atoms with Gasteiger partial charge in [-0.3, -0.25) is 0 Å². The SMILES string of the molecule is COc1cc(N)c2nc(C(C)(C)C)c(C(C)CCCN)cc2c1. The second-order valence-electron chi connectivity index (χ2n) is 7.30. The number of methoxy groups -OCH3 is 1. The highest BCUT2D eigenvalue weighted by atomic mass is 16.5. The lowest BCUT2D eigenvalue weighted by Gasteiger charge is -2.26. The quantitative estimate of drug-likeness (QED) is 0.819. The third kappa shape index (κ3) is 3.75. The lowest BCUT2D eigenvalue weighted by Crippen LogP contribution is -2.18. The van der Waals surface area contributed by atoms with Crippen molar-refractivity contribution >= 4 is 16.6 Å². The summed E-state index contributed by atoms with van der Waals surface area (Å²) in [5.74, 6) is 1.18. The number of nitrogens with zero attached hydrogens (tertiary/aromatic N) is 1. The van der Waals surface area contributed by atoms with Crippen LogP contribution in [0.3, 0.4) is 0 Å². The molecule has 2 rings (SSSR count). The van der Waals surface area contributed by atoms with Gasteiger partial charge in [0, 0.05) is 22.6 Å². The fourth-order valence-corrected chi connectivity index (χ4v) is 2.98. The Morgan fingerprint density at radius 2 is 1.91 bits per heavy atom. The van der Waals surface area contributed by atoms with Crippen LogP contribution in [0, 0.1) is 0 Å². The van der Waals surface area contributed by atoms with Gasteiger partial charge in [0.15, 0.2) is 0 Å². The summed E-state index contributed by atoms with van der Waals surface area (Å²) in [4.78, 5) is 4.94. The van der Waals surface area contributed by atoms with E-state index in [2.05, 4.69) is 33.8 Å². The summed E-state index contributed by atoms with van der Waals surface area (Å²) in [6.45, 7) is 9.55. The van der Waals surface area contributed by atoms with Crippen molar-refractivity contribution in [2.45, 2.75) is 51.9 Å². The Balaban J connectivity index is 2.66. The minimum Gasteiger partial charge on any atom is -0.497 e. The van der Waals surface area contributed by atoms with Crippen molar-refractivity contribution in [2.24, 2.45) is 5.73 Å². The minimum atomic E-state index is -0.0349. The molecule has 126 valence electrons. The molecule has 0 bridgehead atoms. The van der Waals surface area contributed by atoms with Crippen LogP contribution in [0.4, 0.5) is 5.69 Å². The highest BCUT2D eigenvalue weighted by Gasteiger charge is 2.24. The maximum Gasteiger partial charge on any atom is 0.121 e. The average Bonchev–Trinajstić information content (AvgIpc) is 2.50. The monoisotopic (exact) mass is 315 g/mol. The van der Waals surface area contributed by atoms with Crippen molar-refractivity contribution in [3.8, 4) is 5.75 Å². The van der Waals surface area contributed by atoms with Crippen LogP contribution in [0.2, 0.25) is 0 Å². The van der Waals surface area contributed by atoms with E-state index >= 15 is 0 Å². The first-order valence-corrected chi connectivity index (χ1v) is 8.26. The predicted octanol–water partition coefficient (Wildman–Crippen LogP) is 3.97. The normalized spacial score (nSPS) is 13.3. The fourth-order valence-electron chi connectivity index (χ4n) is 2.98. The van der Waals surface area contributed by atoms with E-state index in [1.165, 1.54) is 5.56 Å². The minimum absolute atomic E-state index is 0.0349. The number of rotatable bonds is 5. The van der Waals surface area contributed by atoms with Crippen molar-refractivity contribution in [3.63, 3.8) is 0 Å². The molecule has 4 nitrogen and oxygen atoms in total. The van der Waals surface area contributed by atoms with Crippen molar-refractivity contribution in [1.82, 2.24) is 4.98 Å². The van der Waals surface area contributed by atoms with Crippen LogP contribution in [-0.4, -0.2) is 18.6 Å². The zero-order valence-electron chi connectivity index (χ0n) is 14.9. The summed E-state index contributed by atoms with van der Waals surface area (Å²) >= 11 is 0. The Kier molecular flexibility index (Phi) is 5.15. The average molecular weight is 315 g/mol. The number of pyridine rings is 1. The van der Waals surface area contributed by atoms with Crippen LogP contribution in [0.1, 0.15) is 57.7 Å². The van der Waals surface area contributed by atoms with Gasteiger partial charge in [-0.2, -0.15) is 0 Å². The highest BCUT2D eigenvalue weighted by Crippen LogP contribution is 2.36. The summed E-state index contributed by atoms with van der Waals surface area (Å²) in [5, 5.41) is 1.03. The molecule has 0 saturated carbocycles. The molecule has 1 unspecified atom stereocenters. The first-order valence-electron chi connectivity index (χ1n) is 8.26. The Labute approximate surface area is 139 Å². The second-order valence-corrected chi connectivity index (χ2v) is 7.30. The molecule has 0 radical (unpaired) electrons. The third-order valence-corrected chi connectivity index (χ3v) is 4.27. The maximum absolute atomic E-state index is 6.19. The number of nitrogen functional groups attached to an aromatic ring is 1. The molecule has 1 heterocycles. The molecule has 1 atom stereocenters. The van der Waals surface area contributed by atoms with Crippen LogP contribution in [0.5, 0.6) is 5.75 Å². The number of aromatic nitrogens is 1. The van der Waals surface area contributed by atoms with E-state index in [1.54, 1.807) is 7.11 Å². The fraction of sp³-hybridized carbons (Fsp3) is 0.526. The first kappa shape index (κ1) is 17.5. The van der Waals surface area contributed by atoms with Crippen LogP contribution in [0.15, 0.2) is 18.2 Å². The Morgan fingerprint density at radius 1 is 1.22 bits per heavy atom. The van der Waals surface area contributed by atoms with E-state index in [4.69, 9.17) is 21.2 Å². The molecule has 4 heteroatoms. The zero-order valence-corrected chi connectivity index (χ0v) is 14.9. The molecule has 0 amide bonds. The van der Waals surface area contributed by atoms with Crippen molar-refractivity contribution < 1.29 is 4.74 Å². The molecule has 1 aromatic carbocycles. The molecule has 0 aliphatic rings. The lowest BCUT2D eigenvalue weighted by atomic mass is 9.82. The van der Waals surface area contributed by atoms with Gasteiger partial charge in [0.25, 0.3) is 0 Å². The van der Waals surface area contributed by atoms with Crippen LogP contribution < -0.4 is 16.2 Å². The van der Waals surface area contributed by atoms with Gasteiger partial charge in [-0.1, -0.05) is 27.7 Å². The first-order chi connectivity index (χ1) is 10.8. The number of anilines is 1. The summed E-state index contributed by atoms with van der Waals surface area (Å²) in [5.41, 5.74) is 15.7. The molecule has 0 aliphatic heterocycles. The molecule has 0 aliphatic carbocycles. The van der Waals surface area contributed by atoms with Crippen LogP contribution in [-0.2, 0) is 5.41 Å². The van der Waals surface area contributed by atoms with E-state index in [9.17, 15) is 0 Å². The molecule has 23 heavy (non-hydrogen) atoms. The summed E-state index contributed by atoms with van der Waals surface area (Å²) < 4.78 is 5.34. The van der Waals surface area contributed by atoms with Crippen molar-refractivity contribution in [3.05, 3.63) is 29.5 Å². The number of nitrogens with two attached hydrogens (primary N) is 2. The van der Waals surface area contributed by atoms with Crippen LogP contribution in [0.25, 0.3) is 10.9 Å². The second kappa shape index (κ2) is 6.75. The predicted molar refractivity (Wildman–Crippen MR) is 98.1 cm³/mol. The topological polar surface area (TPSA) is 74.2 Å². The van der Waals surface area contributed by atoms with Gasteiger partial charge in [-0.25, -0.2) is 4.98 Å².